The minimum Gasteiger partial charge on any atom is -0.497 e. The summed E-state index contributed by atoms with van der Waals surface area (Å²) < 4.78 is 11.4. The van der Waals surface area contributed by atoms with E-state index in [1.807, 2.05) is 12.1 Å². The van der Waals surface area contributed by atoms with E-state index in [0.717, 1.165) is 24.5 Å². The summed E-state index contributed by atoms with van der Waals surface area (Å²) >= 11 is 0. The van der Waals surface area contributed by atoms with Crippen molar-refractivity contribution in [2.45, 2.75) is 45.8 Å². The highest BCUT2D eigenvalue weighted by Gasteiger charge is 2.33. The minimum absolute atomic E-state index is 0.145. The van der Waals surface area contributed by atoms with Crippen molar-refractivity contribution < 1.29 is 9.47 Å². The van der Waals surface area contributed by atoms with Crippen LogP contribution in [0.4, 0.5) is 0 Å². The van der Waals surface area contributed by atoms with Crippen LogP contribution in [0.5, 0.6) is 11.5 Å². The molecule has 2 rings (SSSR count). The molecule has 0 saturated heterocycles. The predicted molar refractivity (Wildman–Crippen MR) is 77.9 cm³/mol. The molecular weight excluding hydrogens is 238 g/mol. The third-order valence-electron chi connectivity index (χ3n) is 3.45. The first-order valence-electron chi connectivity index (χ1n) is 7.01. The van der Waals surface area contributed by atoms with Crippen LogP contribution < -0.4 is 14.8 Å². The zero-order valence-electron chi connectivity index (χ0n) is 12.6. The monoisotopic (exact) mass is 263 g/mol. The van der Waals surface area contributed by atoms with E-state index in [2.05, 4.69) is 39.1 Å². The van der Waals surface area contributed by atoms with Gasteiger partial charge in [0.1, 0.15) is 17.1 Å². The summed E-state index contributed by atoms with van der Waals surface area (Å²) in [5, 5.41) is 3.65. The van der Waals surface area contributed by atoms with E-state index >= 15 is 0 Å². The molecule has 0 bridgehead atoms. The van der Waals surface area contributed by atoms with Gasteiger partial charge in [-0.15, -0.1) is 0 Å². The van der Waals surface area contributed by atoms with Gasteiger partial charge in [-0.1, -0.05) is 19.9 Å². The summed E-state index contributed by atoms with van der Waals surface area (Å²) in [5.41, 5.74) is 1.09. The molecule has 1 aliphatic rings. The molecule has 0 amide bonds. The van der Waals surface area contributed by atoms with Crippen LogP contribution in [0.1, 0.15) is 45.7 Å². The quantitative estimate of drug-likeness (QED) is 0.901. The standard InChI is InChI=1S/C16H25NO2/c1-11(2)10-17-14-9-16(3,4)19-15-8-12(18-5)6-7-13(14)15/h6-8,11,14,17H,9-10H2,1-5H3. The zero-order chi connectivity index (χ0) is 14.0. The number of hydrogen-bond donors (Lipinski definition) is 1. The first kappa shape index (κ1) is 14.2. The molecule has 0 aliphatic carbocycles. The fourth-order valence-corrected chi connectivity index (χ4v) is 2.52. The molecule has 3 heteroatoms. The summed E-state index contributed by atoms with van der Waals surface area (Å²) in [7, 11) is 1.68. The van der Waals surface area contributed by atoms with Crippen molar-refractivity contribution in [3.8, 4) is 11.5 Å². The third-order valence-corrected chi connectivity index (χ3v) is 3.45. The van der Waals surface area contributed by atoms with Gasteiger partial charge in [0.15, 0.2) is 0 Å². The van der Waals surface area contributed by atoms with Crippen molar-refractivity contribution in [1.29, 1.82) is 0 Å². The SMILES string of the molecule is COc1ccc2c(c1)OC(C)(C)CC2NCC(C)C. The lowest BCUT2D eigenvalue weighted by Gasteiger charge is -2.38. The summed E-state index contributed by atoms with van der Waals surface area (Å²) in [4.78, 5) is 0. The molecule has 1 heterocycles. The van der Waals surface area contributed by atoms with E-state index in [4.69, 9.17) is 9.47 Å². The van der Waals surface area contributed by atoms with Crippen molar-refractivity contribution in [2.75, 3.05) is 13.7 Å². The van der Waals surface area contributed by atoms with Gasteiger partial charge in [0, 0.05) is 24.1 Å². The highest BCUT2D eigenvalue weighted by atomic mass is 16.5. The Morgan fingerprint density at radius 3 is 2.79 bits per heavy atom. The molecule has 0 saturated carbocycles. The number of rotatable bonds is 4. The van der Waals surface area contributed by atoms with Crippen LogP contribution in [0.25, 0.3) is 0 Å². The second kappa shape index (κ2) is 5.41. The van der Waals surface area contributed by atoms with Crippen molar-refractivity contribution in [3.05, 3.63) is 23.8 Å². The van der Waals surface area contributed by atoms with E-state index in [9.17, 15) is 0 Å². The van der Waals surface area contributed by atoms with E-state index in [1.165, 1.54) is 5.56 Å². The number of methoxy groups -OCH3 is 1. The largest absolute Gasteiger partial charge is 0.497 e. The van der Waals surface area contributed by atoms with Crippen LogP contribution >= 0.6 is 0 Å². The summed E-state index contributed by atoms with van der Waals surface area (Å²) in [5.74, 6) is 2.43. The Morgan fingerprint density at radius 1 is 1.42 bits per heavy atom. The maximum Gasteiger partial charge on any atom is 0.128 e. The number of nitrogens with one attached hydrogen (secondary N) is 1. The fraction of sp³-hybridized carbons (Fsp3) is 0.625. The van der Waals surface area contributed by atoms with Crippen molar-refractivity contribution in [3.63, 3.8) is 0 Å². The van der Waals surface area contributed by atoms with Gasteiger partial charge in [-0.05, 0) is 32.4 Å². The molecule has 1 atom stereocenters. The Kier molecular flexibility index (Phi) is 4.04. The van der Waals surface area contributed by atoms with Gasteiger partial charge in [-0.25, -0.2) is 0 Å². The molecule has 1 N–H and O–H groups in total. The van der Waals surface area contributed by atoms with E-state index in [1.54, 1.807) is 7.11 Å². The number of fused-ring (bicyclic) bond motifs is 1. The average molecular weight is 263 g/mol. The molecule has 106 valence electrons. The lowest BCUT2D eigenvalue weighted by molar-refractivity contribution is 0.0652. The molecule has 19 heavy (non-hydrogen) atoms. The van der Waals surface area contributed by atoms with Crippen molar-refractivity contribution in [1.82, 2.24) is 5.32 Å². The number of benzene rings is 1. The van der Waals surface area contributed by atoms with Crippen LogP contribution in [-0.2, 0) is 0 Å². The zero-order valence-corrected chi connectivity index (χ0v) is 12.6. The highest BCUT2D eigenvalue weighted by Crippen LogP contribution is 2.41. The Labute approximate surface area is 116 Å². The molecule has 1 unspecified atom stereocenters. The number of ether oxygens (including phenoxy) is 2. The van der Waals surface area contributed by atoms with E-state index in [0.29, 0.717) is 12.0 Å². The smallest absolute Gasteiger partial charge is 0.128 e. The molecule has 0 spiro atoms. The Hall–Kier alpha value is -1.22. The first-order valence-corrected chi connectivity index (χ1v) is 7.01. The van der Waals surface area contributed by atoms with Gasteiger partial charge in [0.2, 0.25) is 0 Å². The Bertz CT molecular complexity index is 440. The first-order chi connectivity index (χ1) is 8.91. The van der Waals surface area contributed by atoms with Gasteiger partial charge in [0.05, 0.1) is 7.11 Å². The van der Waals surface area contributed by atoms with E-state index < -0.39 is 0 Å². The van der Waals surface area contributed by atoms with Crippen LogP contribution in [0.15, 0.2) is 18.2 Å². The van der Waals surface area contributed by atoms with Crippen LogP contribution in [0.3, 0.4) is 0 Å². The Morgan fingerprint density at radius 2 is 2.16 bits per heavy atom. The van der Waals surface area contributed by atoms with Gasteiger partial charge < -0.3 is 14.8 Å². The van der Waals surface area contributed by atoms with Gasteiger partial charge in [-0.2, -0.15) is 0 Å². The van der Waals surface area contributed by atoms with Crippen LogP contribution in [0, 0.1) is 5.92 Å². The summed E-state index contributed by atoms with van der Waals surface area (Å²) in [6, 6.07) is 6.46. The predicted octanol–water partition coefficient (Wildman–Crippen LogP) is 3.54. The maximum absolute atomic E-state index is 6.08. The molecule has 1 aliphatic heterocycles. The van der Waals surface area contributed by atoms with Crippen LogP contribution in [0.2, 0.25) is 0 Å². The minimum atomic E-state index is -0.145. The molecule has 3 nitrogen and oxygen atoms in total. The topological polar surface area (TPSA) is 30.5 Å². The Balaban J connectivity index is 2.26. The van der Waals surface area contributed by atoms with Gasteiger partial charge >= 0.3 is 0 Å². The van der Waals surface area contributed by atoms with Gasteiger partial charge in [-0.3, -0.25) is 0 Å². The molecule has 0 fully saturated rings. The lowest BCUT2D eigenvalue weighted by Crippen LogP contribution is -2.40. The van der Waals surface area contributed by atoms with Crippen molar-refractivity contribution in [2.24, 2.45) is 5.92 Å². The fourth-order valence-electron chi connectivity index (χ4n) is 2.52. The molecule has 1 aromatic rings. The average Bonchev–Trinajstić information content (AvgIpc) is 2.33. The molecule has 0 aromatic heterocycles. The van der Waals surface area contributed by atoms with Crippen molar-refractivity contribution >= 4 is 0 Å². The summed E-state index contributed by atoms with van der Waals surface area (Å²) in [6.45, 7) is 9.75. The second-order valence-electron chi connectivity index (χ2n) is 6.32. The maximum atomic E-state index is 6.08. The molecule has 1 aromatic carbocycles. The third kappa shape index (κ3) is 3.41. The summed E-state index contributed by atoms with van der Waals surface area (Å²) in [6.07, 6.45) is 0.985. The number of hydrogen-bond acceptors (Lipinski definition) is 3. The lowest BCUT2D eigenvalue weighted by atomic mass is 9.89. The van der Waals surface area contributed by atoms with E-state index in [-0.39, 0.29) is 5.60 Å². The molecular formula is C16H25NO2. The van der Waals surface area contributed by atoms with Crippen LogP contribution in [-0.4, -0.2) is 19.3 Å². The molecule has 0 radical (unpaired) electrons. The normalized spacial score (nSPS) is 20.8. The second-order valence-corrected chi connectivity index (χ2v) is 6.32. The van der Waals surface area contributed by atoms with Gasteiger partial charge in [0.25, 0.3) is 0 Å². The highest BCUT2D eigenvalue weighted by molar-refractivity contribution is 5.44.